The van der Waals surface area contributed by atoms with Crippen LogP contribution in [0.3, 0.4) is 0 Å². The molecule has 0 spiro atoms. The summed E-state index contributed by atoms with van der Waals surface area (Å²) in [7, 11) is 1.58. The molecule has 1 unspecified atom stereocenters. The van der Waals surface area contributed by atoms with Crippen molar-refractivity contribution in [1.82, 2.24) is 4.90 Å². The number of rotatable bonds is 6. The van der Waals surface area contributed by atoms with E-state index in [4.69, 9.17) is 27.9 Å². The molecule has 0 aliphatic carbocycles. The highest BCUT2D eigenvalue weighted by molar-refractivity contribution is 8.15. The fourth-order valence-electron chi connectivity index (χ4n) is 3.29. The van der Waals surface area contributed by atoms with Gasteiger partial charge in [0.15, 0.2) is 5.17 Å². The van der Waals surface area contributed by atoms with E-state index in [0.717, 1.165) is 5.56 Å². The minimum atomic E-state index is -0.623. The number of halogens is 2. The molecule has 1 saturated heterocycles. The number of carbonyl (C=O) groups is 2. The maximum Gasteiger partial charge on any atom is 0.238 e. The van der Waals surface area contributed by atoms with Crippen molar-refractivity contribution in [2.75, 3.05) is 12.4 Å². The molecule has 0 saturated carbocycles. The maximum absolute atomic E-state index is 13.2. The number of amidine groups is 1. The van der Waals surface area contributed by atoms with Crippen LogP contribution in [0.2, 0.25) is 10.0 Å². The van der Waals surface area contributed by atoms with Gasteiger partial charge < -0.3 is 10.1 Å². The minimum Gasteiger partial charge on any atom is -0.497 e. The largest absolute Gasteiger partial charge is 0.497 e. The summed E-state index contributed by atoms with van der Waals surface area (Å²) in [5.74, 6) is 0.241. The Hall–Kier alpha value is -3.00. The molecule has 1 N–H and O–H groups in total. The Balaban J connectivity index is 1.57. The van der Waals surface area contributed by atoms with Crippen LogP contribution in [0, 0.1) is 0 Å². The third kappa shape index (κ3) is 6.11. The normalized spacial score (nSPS) is 17.0. The second-order valence-electron chi connectivity index (χ2n) is 7.51. The van der Waals surface area contributed by atoms with Gasteiger partial charge in [0.05, 0.1) is 19.3 Å². The van der Waals surface area contributed by atoms with Crippen LogP contribution >= 0.6 is 35.0 Å². The summed E-state index contributed by atoms with van der Waals surface area (Å²) in [5.41, 5.74) is 2.17. The lowest BCUT2D eigenvalue weighted by Gasteiger charge is -2.32. The second kappa shape index (κ2) is 11.0. The van der Waals surface area contributed by atoms with E-state index in [0.29, 0.717) is 38.9 Å². The summed E-state index contributed by atoms with van der Waals surface area (Å²) >= 11 is 13.3. The van der Waals surface area contributed by atoms with Crippen molar-refractivity contribution in [3.8, 4) is 5.75 Å². The number of carbonyl (C=O) groups excluding carboxylic acids is 2. The number of benzene rings is 3. The molecular formula is C25H21Cl2N3O3S. The van der Waals surface area contributed by atoms with Crippen LogP contribution in [0.15, 0.2) is 77.8 Å². The first-order valence-electron chi connectivity index (χ1n) is 10.4. The van der Waals surface area contributed by atoms with Crippen LogP contribution in [-0.4, -0.2) is 34.2 Å². The molecule has 3 aromatic rings. The molecule has 0 bridgehead atoms. The molecule has 0 aromatic heterocycles. The Labute approximate surface area is 211 Å². The zero-order chi connectivity index (χ0) is 24.1. The molecule has 3 aromatic carbocycles. The molecule has 1 heterocycles. The van der Waals surface area contributed by atoms with Gasteiger partial charge in [-0.3, -0.25) is 14.5 Å². The summed E-state index contributed by atoms with van der Waals surface area (Å²) in [6, 6.07) is 21.3. The molecule has 0 radical (unpaired) electrons. The number of hydrogen-bond acceptors (Lipinski definition) is 5. The second-order valence-corrected chi connectivity index (χ2v) is 9.55. The van der Waals surface area contributed by atoms with E-state index in [1.54, 1.807) is 72.7 Å². The predicted octanol–water partition coefficient (Wildman–Crippen LogP) is 6.16. The SMILES string of the molecule is COc1ccc(NC(=O)C2CC(=O)N(Cc3ccc(Cl)cc3)C(=Nc3ccc(Cl)cc3)S2)cc1. The summed E-state index contributed by atoms with van der Waals surface area (Å²) in [6.45, 7) is 0.322. The third-order valence-corrected chi connectivity index (χ3v) is 6.79. The number of nitrogens with one attached hydrogen (secondary N) is 1. The lowest BCUT2D eigenvalue weighted by molar-refractivity contribution is -0.129. The van der Waals surface area contributed by atoms with Crippen molar-refractivity contribution >= 4 is 63.3 Å². The quantitative estimate of drug-likeness (QED) is 0.428. The van der Waals surface area contributed by atoms with Crippen molar-refractivity contribution in [2.45, 2.75) is 18.2 Å². The molecule has 6 nitrogen and oxygen atoms in total. The van der Waals surface area contributed by atoms with Gasteiger partial charge >= 0.3 is 0 Å². The van der Waals surface area contributed by atoms with E-state index in [1.807, 2.05) is 12.1 Å². The first-order valence-corrected chi connectivity index (χ1v) is 12.1. The first-order chi connectivity index (χ1) is 16.4. The van der Waals surface area contributed by atoms with E-state index < -0.39 is 5.25 Å². The Kier molecular flexibility index (Phi) is 7.77. The number of anilines is 1. The van der Waals surface area contributed by atoms with Gasteiger partial charge in [-0.25, -0.2) is 4.99 Å². The smallest absolute Gasteiger partial charge is 0.238 e. The predicted molar refractivity (Wildman–Crippen MR) is 138 cm³/mol. The fourth-order valence-corrected chi connectivity index (χ4v) is 4.64. The molecule has 4 rings (SSSR count). The van der Waals surface area contributed by atoms with Crippen molar-refractivity contribution in [3.05, 3.63) is 88.4 Å². The highest BCUT2D eigenvalue weighted by Crippen LogP contribution is 2.31. The molecule has 9 heteroatoms. The van der Waals surface area contributed by atoms with Crippen molar-refractivity contribution in [2.24, 2.45) is 4.99 Å². The summed E-state index contributed by atoms with van der Waals surface area (Å²) < 4.78 is 5.15. The zero-order valence-corrected chi connectivity index (χ0v) is 20.5. The van der Waals surface area contributed by atoms with E-state index in [2.05, 4.69) is 10.3 Å². The standard InChI is InChI=1S/C25H21Cl2N3O3S/c1-33-21-12-10-19(11-13-21)28-24(32)22-14-23(31)30(15-16-2-4-17(26)5-3-16)25(34-22)29-20-8-6-18(27)7-9-20/h2-13,22H,14-15H2,1H3,(H,28,32). The van der Waals surface area contributed by atoms with Crippen LogP contribution in [0.1, 0.15) is 12.0 Å². The Bertz CT molecular complexity index is 1200. The number of ether oxygens (including phenoxy) is 1. The van der Waals surface area contributed by atoms with Gasteiger partial charge in [-0.05, 0) is 66.2 Å². The topological polar surface area (TPSA) is 71.0 Å². The molecular weight excluding hydrogens is 493 g/mol. The molecule has 2 amide bonds. The van der Waals surface area contributed by atoms with Crippen LogP contribution < -0.4 is 10.1 Å². The summed E-state index contributed by atoms with van der Waals surface area (Å²) in [5, 5.41) is 3.91. The maximum atomic E-state index is 13.2. The lowest BCUT2D eigenvalue weighted by atomic mass is 10.2. The highest BCUT2D eigenvalue weighted by atomic mass is 35.5. The zero-order valence-electron chi connectivity index (χ0n) is 18.2. The summed E-state index contributed by atoms with van der Waals surface area (Å²) in [4.78, 5) is 32.4. The van der Waals surface area contributed by atoms with Gasteiger partial charge in [0.2, 0.25) is 11.8 Å². The fraction of sp³-hybridized carbons (Fsp3) is 0.160. The number of methoxy groups -OCH3 is 1. The van der Waals surface area contributed by atoms with Gasteiger partial charge in [-0.15, -0.1) is 0 Å². The molecule has 174 valence electrons. The Morgan fingerprint density at radius 3 is 2.26 bits per heavy atom. The van der Waals surface area contributed by atoms with Gasteiger partial charge in [-0.2, -0.15) is 0 Å². The molecule has 1 atom stereocenters. The monoisotopic (exact) mass is 513 g/mol. The minimum absolute atomic E-state index is 0.0554. The first kappa shape index (κ1) is 24.1. The van der Waals surface area contributed by atoms with E-state index in [9.17, 15) is 9.59 Å². The number of amides is 2. The Morgan fingerprint density at radius 1 is 1.03 bits per heavy atom. The molecule has 34 heavy (non-hydrogen) atoms. The van der Waals surface area contributed by atoms with Crippen molar-refractivity contribution < 1.29 is 14.3 Å². The van der Waals surface area contributed by atoms with Crippen LogP contribution in [0.25, 0.3) is 0 Å². The van der Waals surface area contributed by atoms with Gasteiger partial charge in [-0.1, -0.05) is 47.1 Å². The van der Waals surface area contributed by atoms with E-state index in [-0.39, 0.29) is 18.2 Å². The number of nitrogens with zero attached hydrogens (tertiary/aromatic N) is 2. The summed E-state index contributed by atoms with van der Waals surface area (Å²) in [6.07, 6.45) is 0.0554. The van der Waals surface area contributed by atoms with E-state index >= 15 is 0 Å². The number of hydrogen-bond donors (Lipinski definition) is 1. The number of aliphatic imine (C=N–C) groups is 1. The van der Waals surface area contributed by atoms with E-state index in [1.165, 1.54) is 11.8 Å². The van der Waals surface area contributed by atoms with Gasteiger partial charge in [0, 0.05) is 22.2 Å². The average Bonchev–Trinajstić information content (AvgIpc) is 2.84. The average molecular weight is 514 g/mol. The van der Waals surface area contributed by atoms with Crippen molar-refractivity contribution in [3.63, 3.8) is 0 Å². The number of thioether (sulfide) groups is 1. The third-order valence-electron chi connectivity index (χ3n) is 5.09. The van der Waals surface area contributed by atoms with Gasteiger partial charge in [0.25, 0.3) is 0 Å². The highest BCUT2D eigenvalue weighted by Gasteiger charge is 2.36. The molecule has 1 aliphatic rings. The van der Waals surface area contributed by atoms with Crippen molar-refractivity contribution in [1.29, 1.82) is 0 Å². The van der Waals surface area contributed by atoms with Crippen LogP contribution in [-0.2, 0) is 16.1 Å². The van der Waals surface area contributed by atoms with Crippen LogP contribution in [0.4, 0.5) is 11.4 Å². The molecule has 1 fully saturated rings. The lowest BCUT2D eigenvalue weighted by Crippen LogP contribution is -2.44. The molecule has 1 aliphatic heterocycles. The Morgan fingerprint density at radius 2 is 1.65 bits per heavy atom. The van der Waals surface area contributed by atoms with Gasteiger partial charge in [0.1, 0.15) is 11.0 Å². The van der Waals surface area contributed by atoms with Crippen LogP contribution in [0.5, 0.6) is 5.75 Å².